The van der Waals surface area contributed by atoms with Crippen molar-refractivity contribution in [3.8, 4) is 22.9 Å². The van der Waals surface area contributed by atoms with Gasteiger partial charge in [0.15, 0.2) is 0 Å². The highest BCUT2D eigenvalue weighted by Crippen LogP contribution is 2.23. The molecule has 1 aliphatic rings. The molecule has 0 spiro atoms. The smallest absolute Gasteiger partial charge is 0.317 e. The van der Waals surface area contributed by atoms with Crippen molar-refractivity contribution >= 4 is 6.03 Å². The number of hydrogen-bond donors (Lipinski definition) is 1. The number of aromatic nitrogens is 2. The lowest BCUT2D eigenvalue weighted by Crippen LogP contribution is -2.39. The Morgan fingerprint density at radius 2 is 1.90 bits per heavy atom. The van der Waals surface area contributed by atoms with Crippen molar-refractivity contribution < 1.29 is 18.8 Å². The van der Waals surface area contributed by atoms with Crippen LogP contribution in [0.3, 0.4) is 0 Å². The van der Waals surface area contributed by atoms with Gasteiger partial charge in [0.1, 0.15) is 17.6 Å². The van der Waals surface area contributed by atoms with Crippen molar-refractivity contribution in [3.63, 3.8) is 0 Å². The normalized spacial score (nSPS) is 15.7. The van der Waals surface area contributed by atoms with Crippen LogP contribution >= 0.6 is 0 Å². The zero-order valence-corrected chi connectivity index (χ0v) is 17.7. The van der Waals surface area contributed by atoms with Gasteiger partial charge in [-0.1, -0.05) is 24.2 Å². The minimum Gasteiger partial charge on any atom is -0.497 e. The lowest BCUT2D eigenvalue weighted by molar-refractivity contribution is 0.186. The third-order valence-electron chi connectivity index (χ3n) is 5.22. The first-order valence-electron chi connectivity index (χ1n) is 10.4. The molecule has 4 rings (SSSR count). The SMILES string of the molecule is CCc1nc(-c2ccc(OC3CCN(C(=O)NCc4ccc(OC)cc4)C3)cc2)no1. The Bertz CT molecular complexity index is 1000. The molecule has 0 radical (unpaired) electrons. The van der Waals surface area contributed by atoms with Gasteiger partial charge in [0.2, 0.25) is 11.7 Å². The van der Waals surface area contributed by atoms with E-state index in [1.165, 1.54) is 0 Å². The number of hydrogen-bond acceptors (Lipinski definition) is 6. The first-order valence-corrected chi connectivity index (χ1v) is 10.4. The van der Waals surface area contributed by atoms with Crippen LogP contribution in [0.4, 0.5) is 4.79 Å². The molecule has 1 atom stereocenters. The first kappa shape index (κ1) is 20.7. The Balaban J connectivity index is 1.26. The predicted octanol–water partition coefficient (Wildman–Crippen LogP) is 3.67. The quantitative estimate of drug-likeness (QED) is 0.625. The van der Waals surface area contributed by atoms with Crippen LogP contribution in [-0.2, 0) is 13.0 Å². The molecular formula is C23H26N4O4. The molecule has 3 aromatic rings. The Morgan fingerprint density at radius 1 is 1.16 bits per heavy atom. The number of methoxy groups -OCH3 is 1. The zero-order chi connectivity index (χ0) is 21.6. The highest BCUT2D eigenvalue weighted by atomic mass is 16.5. The maximum absolute atomic E-state index is 12.5. The van der Waals surface area contributed by atoms with Gasteiger partial charge < -0.3 is 24.2 Å². The summed E-state index contributed by atoms with van der Waals surface area (Å²) >= 11 is 0. The summed E-state index contributed by atoms with van der Waals surface area (Å²) in [5.74, 6) is 2.75. The largest absolute Gasteiger partial charge is 0.497 e. The fourth-order valence-corrected chi connectivity index (χ4v) is 3.43. The second kappa shape index (κ2) is 9.51. The van der Waals surface area contributed by atoms with Crippen LogP contribution in [0.1, 0.15) is 24.8 Å². The van der Waals surface area contributed by atoms with Gasteiger partial charge in [-0.3, -0.25) is 0 Å². The van der Waals surface area contributed by atoms with E-state index in [1.807, 2.05) is 55.5 Å². The summed E-state index contributed by atoms with van der Waals surface area (Å²) in [4.78, 5) is 18.6. The molecule has 31 heavy (non-hydrogen) atoms. The Hall–Kier alpha value is -3.55. The van der Waals surface area contributed by atoms with Crippen LogP contribution in [0.2, 0.25) is 0 Å². The van der Waals surface area contributed by atoms with Crippen molar-refractivity contribution in [1.29, 1.82) is 0 Å². The number of carbonyl (C=O) groups is 1. The summed E-state index contributed by atoms with van der Waals surface area (Å²) in [5, 5.41) is 6.95. The topological polar surface area (TPSA) is 89.7 Å². The molecule has 8 nitrogen and oxygen atoms in total. The number of ether oxygens (including phenoxy) is 2. The Labute approximate surface area is 181 Å². The highest BCUT2D eigenvalue weighted by molar-refractivity contribution is 5.74. The zero-order valence-electron chi connectivity index (χ0n) is 17.7. The molecule has 0 aliphatic carbocycles. The fourth-order valence-electron chi connectivity index (χ4n) is 3.43. The standard InChI is InChI=1S/C23H26N4O4/c1-3-21-25-22(26-31-21)17-6-10-19(11-7-17)30-20-12-13-27(15-20)23(28)24-14-16-4-8-18(29-2)9-5-16/h4-11,20H,3,12-15H2,1-2H3,(H,24,28). The minimum absolute atomic E-state index is 0.0329. The lowest BCUT2D eigenvalue weighted by Gasteiger charge is -2.18. The van der Waals surface area contributed by atoms with Crippen LogP contribution in [0.25, 0.3) is 11.4 Å². The van der Waals surface area contributed by atoms with E-state index in [1.54, 1.807) is 12.0 Å². The number of benzene rings is 2. The number of nitrogens with zero attached hydrogens (tertiary/aromatic N) is 3. The van der Waals surface area contributed by atoms with Gasteiger partial charge in [0, 0.05) is 31.5 Å². The molecule has 0 bridgehead atoms. The van der Waals surface area contributed by atoms with E-state index in [0.29, 0.717) is 37.8 Å². The number of urea groups is 1. The fraction of sp³-hybridized carbons (Fsp3) is 0.348. The maximum atomic E-state index is 12.5. The minimum atomic E-state index is -0.0823. The summed E-state index contributed by atoms with van der Waals surface area (Å²) in [7, 11) is 1.63. The Morgan fingerprint density at radius 3 is 2.58 bits per heavy atom. The average Bonchev–Trinajstić information content (AvgIpc) is 3.48. The number of likely N-dealkylation sites (tertiary alicyclic amines) is 1. The van der Waals surface area contributed by atoms with Crippen molar-refractivity contribution in [2.75, 3.05) is 20.2 Å². The van der Waals surface area contributed by atoms with Crippen LogP contribution in [0, 0.1) is 0 Å². The molecule has 0 saturated carbocycles. The van der Waals surface area contributed by atoms with Gasteiger partial charge in [-0.25, -0.2) is 4.79 Å². The van der Waals surface area contributed by atoms with Gasteiger partial charge in [0.05, 0.1) is 13.7 Å². The van der Waals surface area contributed by atoms with Gasteiger partial charge >= 0.3 is 6.03 Å². The number of aryl methyl sites for hydroxylation is 1. The van der Waals surface area contributed by atoms with E-state index >= 15 is 0 Å². The van der Waals surface area contributed by atoms with Gasteiger partial charge in [-0.2, -0.15) is 4.98 Å². The summed E-state index contributed by atoms with van der Waals surface area (Å²) in [6.07, 6.45) is 1.47. The van der Waals surface area contributed by atoms with Gasteiger partial charge in [0.25, 0.3) is 0 Å². The number of carbonyl (C=O) groups excluding carboxylic acids is 1. The van der Waals surface area contributed by atoms with Crippen LogP contribution in [0.5, 0.6) is 11.5 Å². The molecule has 2 amide bonds. The van der Waals surface area contributed by atoms with Crippen LogP contribution in [-0.4, -0.2) is 47.4 Å². The van der Waals surface area contributed by atoms with Crippen LogP contribution in [0.15, 0.2) is 53.1 Å². The van der Waals surface area contributed by atoms with E-state index < -0.39 is 0 Å². The molecule has 162 valence electrons. The van der Waals surface area contributed by atoms with E-state index in [2.05, 4.69) is 15.5 Å². The van der Waals surface area contributed by atoms with Crippen molar-refractivity contribution in [2.45, 2.75) is 32.4 Å². The number of nitrogens with one attached hydrogen (secondary N) is 1. The van der Waals surface area contributed by atoms with Crippen LogP contribution < -0.4 is 14.8 Å². The van der Waals surface area contributed by atoms with E-state index in [0.717, 1.165) is 29.0 Å². The molecular weight excluding hydrogens is 396 g/mol. The molecule has 1 fully saturated rings. The molecule has 1 aromatic heterocycles. The van der Waals surface area contributed by atoms with Crippen molar-refractivity contribution in [2.24, 2.45) is 0 Å². The third kappa shape index (κ3) is 5.14. The number of amides is 2. The second-order valence-corrected chi connectivity index (χ2v) is 7.37. The lowest BCUT2D eigenvalue weighted by atomic mass is 10.2. The first-order chi connectivity index (χ1) is 15.1. The highest BCUT2D eigenvalue weighted by Gasteiger charge is 2.27. The van der Waals surface area contributed by atoms with Gasteiger partial charge in [-0.15, -0.1) is 0 Å². The molecule has 1 aliphatic heterocycles. The molecule has 1 N–H and O–H groups in total. The summed E-state index contributed by atoms with van der Waals surface area (Å²) in [6, 6.07) is 15.2. The van der Waals surface area contributed by atoms with E-state index in [9.17, 15) is 4.79 Å². The molecule has 1 unspecified atom stereocenters. The molecule has 8 heteroatoms. The Kier molecular flexibility index (Phi) is 6.35. The van der Waals surface area contributed by atoms with E-state index in [4.69, 9.17) is 14.0 Å². The summed E-state index contributed by atoms with van der Waals surface area (Å²) in [5.41, 5.74) is 1.90. The number of rotatable bonds is 7. The monoisotopic (exact) mass is 422 g/mol. The van der Waals surface area contributed by atoms with E-state index in [-0.39, 0.29) is 12.1 Å². The summed E-state index contributed by atoms with van der Waals surface area (Å²) < 4.78 is 16.4. The van der Waals surface area contributed by atoms with Crippen molar-refractivity contribution in [3.05, 3.63) is 60.0 Å². The summed E-state index contributed by atoms with van der Waals surface area (Å²) in [6.45, 7) is 3.67. The maximum Gasteiger partial charge on any atom is 0.317 e. The predicted molar refractivity (Wildman–Crippen MR) is 115 cm³/mol. The molecule has 1 saturated heterocycles. The molecule has 2 aromatic carbocycles. The third-order valence-corrected chi connectivity index (χ3v) is 5.22. The van der Waals surface area contributed by atoms with Crippen molar-refractivity contribution in [1.82, 2.24) is 20.4 Å². The van der Waals surface area contributed by atoms with Gasteiger partial charge in [-0.05, 0) is 42.0 Å². The second-order valence-electron chi connectivity index (χ2n) is 7.37. The molecule has 2 heterocycles. The average molecular weight is 422 g/mol.